The van der Waals surface area contributed by atoms with Crippen LogP contribution in [0.3, 0.4) is 0 Å². The lowest BCUT2D eigenvalue weighted by molar-refractivity contribution is -0.129. The van der Waals surface area contributed by atoms with Crippen molar-refractivity contribution >= 4 is 17.5 Å². The topological polar surface area (TPSA) is 66.6 Å². The maximum Gasteiger partial charge on any atom is 0.256 e. The van der Waals surface area contributed by atoms with Crippen molar-refractivity contribution in [2.45, 2.75) is 6.92 Å². The van der Waals surface area contributed by atoms with E-state index in [1.807, 2.05) is 13.0 Å². The van der Waals surface area contributed by atoms with Crippen molar-refractivity contribution in [3.05, 3.63) is 29.3 Å². The van der Waals surface area contributed by atoms with Crippen LogP contribution in [0.2, 0.25) is 0 Å². The Bertz CT molecular complexity index is 469. The number of aryl methyl sites for hydroxylation is 1. The summed E-state index contributed by atoms with van der Waals surface area (Å²) in [6.45, 7) is 1.89. The number of nitrogens with two attached hydrogens (primary N) is 1. The number of benzene rings is 1. The van der Waals surface area contributed by atoms with Crippen molar-refractivity contribution in [2.75, 3.05) is 33.4 Å². The Hall–Kier alpha value is -2.04. The van der Waals surface area contributed by atoms with Crippen LogP contribution in [0.15, 0.2) is 18.2 Å². The third kappa shape index (κ3) is 3.00. The summed E-state index contributed by atoms with van der Waals surface area (Å²) >= 11 is 0. The van der Waals surface area contributed by atoms with Crippen molar-refractivity contribution in [3.63, 3.8) is 0 Å². The molecule has 0 aliphatic heterocycles. The van der Waals surface area contributed by atoms with Crippen molar-refractivity contribution in [1.29, 1.82) is 0 Å². The molecule has 0 saturated carbocycles. The highest BCUT2D eigenvalue weighted by molar-refractivity contribution is 6.01. The number of likely N-dealkylation sites (N-methyl/N-ethyl adjacent to an activating group) is 2. The predicted molar refractivity (Wildman–Crippen MR) is 71.2 cm³/mol. The molecule has 0 aliphatic carbocycles. The largest absolute Gasteiger partial charge is 0.398 e. The summed E-state index contributed by atoms with van der Waals surface area (Å²) in [5.74, 6) is -0.372. The number of rotatable bonds is 3. The molecule has 98 valence electrons. The summed E-state index contributed by atoms with van der Waals surface area (Å²) in [6, 6.07) is 5.29. The van der Waals surface area contributed by atoms with Crippen LogP contribution in [0.25, 0.3) is 0 Å². The van der Waals surface area contributed by atoms with Crippen LogP contribution < -0.4 is 5.73 Å². The zero-order chi connectivity index (χ0) is 13.9. The maximum atomic E-state index is 12.2. The van der Waals surface area contributed by atoms with Gasteiger partial charge >= 0.3 is 0 Å². The highest BCUT2D eigenvalue weighted by Gasteiger charge is 2.18. The lowest BCUT2D eigenvalue weighted by Crippen LogP contribution is -2.38. The predicted octanol–water partition coefficient (Wildman–Crippen LogP) is 0.737. The van der Waals surface area contributed by atoms with Crippen LogP contribution >= 0.6 is 0 Å². The molecule has 0 radical (unpaired) electrons. The fraction of sp³-hybridized carbons (Fsp3) is 0.385. The molecule has 0 heterocycles. The number of anilines is 1. The Kier molecular flexibility index (Phi) is 4.31. The van der Waals surface area contributed by atoms with Gasteiger partial charge in [0.15, 0.2) is 0 Å². The molecule has 0 aliphatic rings. The molecule has 2 N–H and O–H groups in total. The van der Waals surface area contributed by atoms with Crippen molar-refractivity contribution in [1.82, 2.24) is 9.80 Å². The molecule has 5 heteroatoms. The quantitative estimate of drug-likeness (QED) is 0.803. The highest BCUT2D eigenvalue weighted by atomic mass is 16.2. The molecule has 0 atom stereocenters. The van der Waals surface area contributed by atoms with E-state index in [1.54, 1.807) is 33.3 Å². The molecule has 18 heavy (non-hydrogen) atoms. The number of nitrogens with zero attached hydrogens (tertiary/aromatic N) is 2. The van der Waals surface area contributed by atoms with E-state index >= 15 is 0 Å². The molecule has 0 aromatic heterocycles. The number of amides is 2. The van der Waals surface area contributed by atoms with E-state index in [2.05, 4.69) is 0 Å². The number of hydrogen-bond acceptors (Lipinski definition) is 3. The number of carbonyl (C=O) groups excluding carboxylic acids is 2. The third-order valence-electron chi connectivity index (χ3n) is 2.77. The molecule has 2 amide bonds. The monoisotopic (exact) mass is 249 g/mol. The van der Waals surface area contributed by atoms with Gasteiger partial charge < -0.3 is 15.5 Å². The summed E-state index contributed by atoms with van der Waals surface area (Å²) in [5, 5.41) is 0. The smallest absolute Gasteiger partial charge is 0.256 e. The molecule has 0 bridgehead atoms. The highest BCUT2D eigenvalue weighted by Crippen LogP contribution is 2.17. The Labute approximate surface area is 107 Å². The zero-order valence-electron chi connectivity index (χ0n) is 11.2. The molecule has 0 fully saturated rings. The van der Waals surface area contributed by atoms with Gasteiger partial charge in [-0.1, -0.05) is 12.1 Å². The Morgan fingerprint density at radius 3 is 2.39 bits per heavy atom. The molecule has 5 nitrogen and oxygen atoms in total. The van der Waals surface area contributed by atoms with Gasteiger partial charge in [-0.25, -0.2) is 0 Å². The molecule has 1 aromatic rings. The van der Waals surface area contributed by atoms with Crippen molar-refractivity contribution < 1.29 is 9.59 Å². The van der Waals surface area contributed by atoms with Crippen LogP contribution in [-0.4, -0.2) is 49.3 Å². The molecule has 0 saturated heterocycles. The number of para-hydroxylation sites is 1. The average molecular weight is 249 g/mol. The van der Waals surface area contributed by atoms with Gasteiger partial charge in [-0.05, 0) is 18.6 Å². The lowest BCUT2D eigenvalue weighted by Gasteiger charge is -2.20. The van der Waals surface area contributed by atoms with Crippen LogP contribution in [0.5, 0.6) is 0 Å². The molecule has 1 rings (SSSR count). The van der Waals surface area contributed by atoms with Crippen LogP contribution in [-0.2, 0) is 4.79 Å². The van der Waals surface area contributed by atoms with Crippen LogP contribution in [0, 0.1) is 6.92 Å². The second-order valence-corrected chi connectivity index (χ2v) is 4.49. The maximum absolute atomic E-state index is 12.2. The minimum Gasteiger partial charge on any atom is -0.398 e. The summed E-state index contributed by atoms with van der Waals surface area (Å²) in [4.78, 5) is 26.5. The van der Waals surface area contributed by atoms with E-state index < -0.39 is 0 Å². The molecular weight excluding hydrogens is 230 g/mol. The summed E-state index contributed by atoms with van der Waals surface area (Å²) in [7, 11) is 4.90. The van der Waals surface area contributed by atoms with Gasteiger partial charge in [0, 0.05) is 26.8 Å². The number of nitrogen functional groups attached to an aromatic ring is 1. The second kappa shape index (κ2) is 5.53. The number of hydrogen-bond donors (Lipinski definition) is 1. The van der Waals surface area contributed by atoms with Crippen molar-refractivity contribution in [3.8, 4) is 0 Å². The van der Waals surface area contributed by atoms with Gasteiger partial charge in [0.25, 0.3) is 5.91 Å². The van der Waals surface area contributed by atoms with E-state index in [4.69, 9.17) is 5.73 Å². The Morgan fingerprint density at radius 1 is 1.22 bits per heavy atom. The van der Waals surface area contributed by atoms with Gasteiger partial charge in [0.1, 0.15) is 0 Å². The standard InChI is InChI=1S/C13H19N3O2/c1-9-6-5-7-10(12(9)14)13(18)16(4)8-11(17)15(2)3/h5-7H,8,14H2,1-4H3. The van der Waals surface area contributed by atoms with Crippen LogP contribution in [0.4, 0.5) is 5.69 Å². The average Bonchev–Trinajstić information content (AvgIpc) is 2.31. The van der Waals surface area contributed by atoms with E-state index in [-0.39, 0.29) is 18.4 Å². The number of carbonyl (C=O) groups is 2. The van der Waals surface area contributed by atoms with E-state index in [0.717, 1.165) is 5.56 Å². The Balaban J connectivity index is 2.87. The minimum absolute atomic E-state index is 0.0409. The lowest BCUT2D eigenvalue weighted by atomic mass is 10.1. The van der Waals surface area contributed by atoms with Gasteiger partial charge in [0.05, 0.1) is 12.1 Å². The Morgan fingerprint density at radius 2 is 1.83 bits per heavy atom. The molecular formula is C13H19N3O2. The van der Waals surface area contributed by atoms with Gasteiger partial charge in [0.2, 0.25) is 5.91 Å². The van der Waals surface area contributed by atoms with Gasteiger partial charge in [-0.15, -0.1) is 0 Å². The first-order valence-electron chi connectivity index (χ1n) is 5.65. The first kappa shape index (κ1) is 14.0. The van der Waals surface area contributed by atoms with E-state index in [9.17, 15) is 9.59 Å². The normalized spacial score (nSPS) is 10.0. The zero-order valence-corrected chi connectivity index (χ0v) is 11.2. The molecule has 1 aromatic carbocycles. The third-order valence-corrected chi connectivity index (χ3v) is 2.77. The van der Waals surface area contributed by atoms with Crippen molar-refractivity contribution in [2.24, 2.45) is 0 Å². The summed E-state index contributed by atoms with van der Waals surface area (Å²) in [5.41, 5.74) is 7.62. The van der Waals surface area contributed by atoms with E-state index in [0.29, 0.717) is 11.3 Å². The molecule has 0 unspecified atom stereocenters. The SMILES string of the molecule is Cc1cccc(C(=O)N(C)CC(=O)N(C)C)c1N. The van der Waals surface area contributed by atoms with Crippen LogP contribution in [0.1, 0.15) is 15.9 Å². The molecule has 0 spiro atoms. The van der Waals surface area contributed by atoms with Gasteiger partial charge in [-0.2, -0.15) is 0 Å². The van der Waals surface area contributed by atoms with Gasteiger partial charge in [-0.3, -0.25) is 9.59 Å². The fourth-order valence-electron chi connectivity index (χ4n) is 1.49. The summed E-state index contributed by atoms with van der Waals surface area (Å²) in [6.07, 6.45) is 0. The first-order chi connectivity index (χ1) is 8.34. The first-order valence-corrected chi connectivity index (χ1v) is 5.65. The fourth-order valence-corrected chi connectivity index (χ4v) is 1.49. The minimum atomic E-state index is -0.244. The second-order valence-electron chi connectivity index (χ2n) is 4.49. The summed E-state index contributed by atoms with van der Waals surface area (Å²) < 4.78 is 0. The van der Waals surface area contributed by atoms with E-state index in [1.165, 1.54) is 9.80 Å².